The molecule has 1 unspecified atom stereocenters. The normalized spacial score (nSPS) is 17.5. The molecule has 2 N–H and O–H groups in total. The van der Waals surface area contributed by atoms with Gasteiger partial charge in [-0.25, -0.2) is 0 Å². The van der Waals surface area contributed by atoms with Crippen molar-refractivity contribution in [1.29, 1.82) is 0 Å². The minimum Gasteiger partial charge on any atom is -0.454 e. The first-order valence-electron chi connectivity index (χ1n) is 10.4. The average Bonchev–Trinajstić information content (AvgIpc) is 3.28. The number of rotatable bonds is 6. The smallest absolute Gasteiger partial charge is 0.253 e. The quantitative estimate of drug-likeness (QED) is 0.660. The van der Waals surface area contributed by atoms with Crippen LogP contribution in [0, 0.1) is 0 Å². The van der Waals surface area contributed by atoms with Crippen LogP contribution in [0.3, 0.4) is 0 Å². The number of carbonyl (C=O) groups is 2. The van der Waals surface area contributed by atoms with E-state index >= 15 is 0 Å². The molecule has 0 aliphatic carbocycles. The van der Waals surface area contributed by atoms with Crippen molar-refractivity contribution in [3.63, 3.8) is 0 Å². The molecule has 2 amide bonds. The molecule has 1 fully saturated rings. The molecule has 7 nitrogen and oxygen atoms in total. The van der Waals surface area contributed by atoms with E-state index in [1.165, 1.54) is 0 Å². The molecule has 0 aromatic heterocycles. The van der Waals surface area contributed by atoms with Gasteiger partial charge in [0, 0.05) is 25.2 Å². The standard InChI is InChI=1S/C23H24Cl2N2O5/c1-14(27-22(29)16-3-2-4-17(24)20(16)25)21(28)26-12-23(7-9-30-10-8-23)15-5-6-18-19(11-15)32-13-31-18/h2-6,11,14H,7-10,12-13H2,1H3,(H,26,28)(H,27,29). The Kier molecular flexibility index (Phi) is 6.79. The van der Waals surface area contributed by atoms with Crippen molar-refractivity contribution in [2.24, 2.45) is 0 Å². The van der Waals surface area contributed by atoms with Gasteiger partial charge in [0.2, 0.25) is 12.7 Å². The van der Waals surface area contributed by atoms with E-state index in [9.17, 15) is 9.59 Å². The lowest BCUT2D eigenvalue weighted by Crippen LogP contribution is -2.50. The molecule has 9 heteroatoms. The van der Waals surface area contributed by atoms with E-state index in [0.29, 0.717) is 25.5 Å². The highest BCUT2D eigenvalue weighted by Gasteiger charge is 2.36. The highest BCUT2D eigenvalue weighted by atomic mass is 35.5. The number of hydrogen-bond acceptors (Lipinski definition) is 5. The zero-order valence-electron chi connectivity index (χ0n) is 17.6. The van der Waals surface area contributed by atoms with Crippen LogP contribution in [0.1, 0.15) is 35.7 Å². The van der Waals surface area contributed by atoms with Crippen LogP contribution >= 0.6 is 23.2 Å². The monoisotopic (exact) mass is 478 g/mol. The first-order valence-corrected chi connectivity index (χ1v) is 11.2. The number of benzene rings is 2. The Morgan fingerprint density at radius 1 is 1.09 bits per heavy atom. The summed E-state index contributed by atoms with van der Waals surface area (Å²) in [6.45, 7) is 3.45. The predicted molar refractivity (Wildman–Crippen MR) is 121 cm³/mol. The Labute approximate surface area is 196 Å². The number of hydrogen-bond donors (Lipinski definition) is 2. The van der Waals surface area contributed by atoms with Crippen molar-refractivity contribution in [3.05, 3.63) is 57.6 Å². The molecule has 1 atom stereocenters. The summed E-state index contributed by atoms with van der Waals surface area (Å²) in [4.78, 5) is 25.4. The van der Waals surface area contributed by atoms with Gasteiger partial charge in [-0.2, -0.15) is 0 Å². The molecule has 1 saturated heterocycles. The van der Waals surface area contributed by atoms with Crippen LogP contribution in [-0.4, -0.2) is 44.4 Å². The molecule has 2 aliphatic heterocycles. The van der Waals surface area contributed by atoms with Gasteiger partial charge >= 0.3 is 0 Å². The molecule has 0 bridgehead atoms. The second-order valence-electron chi connectivity index (χ2n) is 7.98. The minimum absolute atomic E-state index is 0.156. The van der Waals surface area contributed by atoms with E-state index in [2.05, 4.69) is 10.6 Å². The molecular weight excluding hydrogens is 455 g/mol. The zero-order valence-corrected chi connectivity index (χ0v) is 19.1. The molecule has 4 rings (SSSR count). The summed E-state index contributed by atoms with van der Waals surface area (Å²) >= 11 is 12.1. The molecule has 2 heterocycles. The van der Waals surface area contributed by atoms with Crippen LogP contribution in [0.5, 0.6) is 11.5 Å². The van der Waals surface area contributed by atoms with Gasteiger partial charge in [-0.3, -0.25) is 9.59 Å². The Hall–Kier alpha value is -2.48. The van der Waals surface area contributed by atoms with E-state index in [0.717, 1.165) is 24.2 Å². The molecule has 170 valence electrons. The number of fused-ring (bicyclic) bond motifs is 1. The van der Waals surface area contributed by atoms with Gasteiger partial charge in [0.25, 0.3) is 5.91 Å². The van der Waals surface area contributed by atoms with Gasteiger partial charge in [0.1, 0.15) is 6.04 Å². The summed E-state index contributed by atoms with van der Waals surface area (Å²) in [6.07, 6.45) is 1.51. The van der Waals surface area contributed by atoms with Crippen molar-refractivity contribution >= 4 is 35.0 Å². The summed E-state index contributed by atoms with van der Waals surface area (Å²) in [5.41, 5.74) is 0.988. The Morgan fingerprint density at radius 2 is 1.84 bits per heavy atom. The Morgan fingerprint density at radius 3 is 2.62 bits per heavy atom. The van der Waals surface area contributed by atoms with Crippen molar-refractivity contribution in [3.8, 4) is 11.5 Å². The highest BCUT2D eigenvalue weighted by Crippen LogP contribution is 2.40. The zero-order chi connectivity index (χ0) is 22.7. The number of nitrogens with one attached hydrogen (secondary N) is 2. The maximum absolute atomic E-state index is 12.8. The van der Waals surface area contributed by atoms with Crippen LogP contribution in [0.4, 0.5) is 0 Å². The van der Waals surface area contributed by atoms with Gasteiger partial charge in [0.15, 0.2) is 11.5 Å². The Bertz CT molecular complexity index is 1020. The molecule has 0 spiro atoms. The van der Waals surface area contributed by atoms with Crippen LogP contribution < -0.4 is 20.1 Å². The number of halogens is 2. The fourth-order valence-corrected chi connectivity index (χ4v) is 4.37. The lowest BCUT2D eigenvalue weighted by Gasteiger charge is -2.38. The van der Waals surface area contributed by atoms with Crippen LogP contribution in [0.25, 0.3) is 0 Å². The third kappa shape index (κ3) is 4.65. The first-order chi connectivity index (χ1) is 15.4. The molecular formula is C23H24Cl2N2O5. The lowest BCUT2D eigenvalue weighted by atomic mass is 9.74. The van der Waals surface area contributed by atoms with Crippen LogP contribution in [0.2, 0.25) is 10.0 Å². The first kappa shape index (κ1) is 22.7. The maximum atomic E-state index is 12.8. The number of carbonyl (C=O) groups excluding carboxylic acids is 2. The largest absolute Gasteiger partial charge is 0.454 e. The molecule has 2 aromatic carbocycles. The van der Waals surface area contributed by atoms with Gasteiger partial charge in [-0.15, -0.1) is 0 Å². The van der Waals surface area contributed by atoms with E-state index < -0.39 is 11.9 Å². The van der Waals surface area contributed by atoms with E-state index in [1.807, 2.05) is 18.2 Å². The molecule has 32 heavy (non-hydrogen) atoms. The summed E-state index contributed by atoms with van der Waals surface area (Å²) in [5.74, 6) is 0.676. The Balaban J connectivity index is 1.43. The van der Waals surface area contributed by atoms with Gasteiger partial charge < -0.3 is 24.8 Å². The molecule has 0 radical (unpaired) electrons. The summed E-state index contributed by atoms with van der Waals surface area (Å²) in [6, 6.07) is 9.92. The summed E-state index contributed by atoms with van der Waals surface area (Å²) in [7, 11) is 0. The van der Waals surface area contributed by atoms with Gasteiger partial charge in [-0.05, 0) is 49.6 Å². The van der Waals surface area contributed by atoms with Crippen LogP contribution in [-0.2, 0) is 14.9 Å². The van der Waals surface area contributed by atoms with E-state index in [1.54, 1.807) is 25.1 Å². The van der Waals surface area contributed by atoms with Crippen molar-refractivity contribution in [1.82, 2.24) is 10.6 Å². The third-order valence-corrected chi connectivity index (χ3v) is 6.79. The van der Waals surface area contributed by atoms with E-state index in [-0.39, 0.29) is 33.7 Å². The van der Waals surface area contributed by atoms with Gasteiger partial charge in [-0.1, -0.05) is 35.3 Å². The van der Waals surface area contributed by atoms with E-state index in [4.69, 9.17) is 37.4 Å². The average molecular weight is 479 g/mol. The maximum Gasteiger partial charge on any atom is 0.253 e. The second-order valence-corrected chi connectivity index (χ2v) is 8.76. The molecule has 0 saturated carbocycles. The molecule has 2 aliphatic rings. The van der Waals surface area contributed by atoms with Crippen molar-refractivity contribution in [2.75, 3.05) is 26.6 Å². The third-order valence-electron chi connectivity index (χ3n) is 5.97. The molecule has 2 aromatic rings. The fraction of sp³-hybridized carbons (Fsp3) is 0.391. The van der Waals surface area contributed by atoms with Crippen LogP contribution in [0.15, 0.2) is 36.4 Å². The SMILES string of the molecule is CC(NC(=O)c1cccc(Cl)c1Cl)C(=O)NCC1(c2ccc3c(c2)OCO3)CCOCC1. The predicted octanol–water partition coefficient (Wildman–Crippen LogP) is 3.71. The van der Waals surface area contributed by atoms with Crippen molar-refractivity contribution < 1.29 is 23.8 Å². The van der Waals surface area contributed by atoms with Gasteiger partial charge in [0.05, 0.1) is 15.6 Å². The fourth-order valence-electron chi connectivity index (χ4n) is 3.98. The highest BCUT2D eigenvalue weighted by molar-refractivity contribution is 6.43. The topological polar surface area (TPSA) is 85.9 Å². The minimum atomic E-state index is -0.758. The lowest BCUT2D eigenvalue weighted by molar-refractivity contribution is -0.123. The second kappa shape index (κ2) is 9.57. The summed E-state index contributed by atoms with van der Waals surface area (Å²) in [5, 5.41) is 6.12. The number of amides is 2. The summed E-state index contributed by atoms with van der Waals surface area (Å²) < 4.78 is 16.5. The number of ether oxygens (including phenoxy) is 3. The van der Waals surface area contributed by atoms with Crippen molar-refractivity contribution in [2.45, 2.75) is 31.2 Å².